The van der Waals surface area contributed by atoms with Crippen LogP contribution in [0.5, 0.6) is 0 Å². The molecule has 0 spiro atoms. The molecule has 0 aliphatic carbocycles. The molecule has 118 valence electrons. The zero-order chi connectivity index (χ0) is 15.1. The second kappa shape index (κ2) is 8.35. The zero-order valence-electron chi connectivity index (χ0n) is 13.6. The molecule has 0 bridgehead atoms. The van der Waals surface area contributed by atoms with Crippen LogP contribution >= 0.6 is 0 Å². The predicted octanol–water partition coefficient (Wildman–Crippen LogP) is 2.83. The lowest BCUT2D eigenvalue weighted by molar-refractivity contribution is 0.0215. The van der Waals surface area contributed by atoms with Crippen molar-refractivity contribution in [3.05, 3.63) is 23.9 Å². The van der Waals surface area contributed by atoms with E-state index in [0.29, 0.717) is 12.0 Å². The van der Waals surface area contributed by atoms with E-state index in [2.05, 4.69) is 42.2 Å². The van der Waals surface area contributed by atoms with E-state index in [9.17, 15) is 0 Å². The molecule has 1 unspecified atom stereocenters. The van der Waals surface area contributed by atoms with Crippen molar-refractivity contribution in [1.82, 2.24) is 10.3 Å². The van der Waals surface area contributed by atoms with E-state index in [1.54, 1.807) is 0 Å². The summed E-state index contributed by atoms with van der Waals surface area (Å²) < 4.78 is 5.84. The summed E-state index contributed by atoms with van der Waals surface area (Å²) in [5, 5.41) is 3.50. The number of anilines is 1. The van der Waals surface area contributed by atoms with Crippen LogP contribution in [-0.4, -0.2) is 37.8 Å². The number of nitrogens with zero attached hydrogens (tertiary/aromatic N) is 2. The van der Waals surface area contributed by atoms with E-state index in [1.807, 2.05) is 12.3 Å². The second-order valence-corrected chi connectivity index (χ2v) is 6.38. The van der Waals surface area contributed by atoms with Gasteiger partial charge in [-0.15, -0.1) is 0 Å². The lowest BCUT2D eigenvalue weighted by atomic mass is 10.1. The lowest BCUT2D eigenvalue weighted by Crippen LogP contribution is -2.34. The third-order valence-corrected chi connectivity index (χ3v) is 3.85. The maximum absolute atomic E-state index is 5.84. The zero-order valence-corrected chi connectivity index (χ0v) is 13.6. The maximum atomic E-state index is 5.84. The van der Waals surface area contributed by atoms with E-state index >= 15 is 0 Å². The normalized spacial score (nSPS) is 19.0. The van der Waals surface area contributed by atoms with Crippen LogP contribution in [0.1, 0.15) is 38.7 Å². The Bertz CT molecular complexity index is 416. The first-order valence-electron chi connectivity index (χ1n) is 8.14. The number of ether oxygens (including phenoxy) is 1. The molecule has 1 aliphatic heterocycles. The molecule has 2 rings (SSSR count). The molecule has 0 aromatic carbocycles. The van der Waals surface area contributed by atoms with Gasteiger partial charge in [0, 0.05) is 38.5 Å². The molecular weight excluding hydrogens is 262 g/mol. The van der Waals surface area contributed by atoms with Crippen LogP contribution in [0.3, 0.4) is 0 Å². The highest BCUT2D eigenvalue weighted by molar-refractivity contribution is 5.46. The fourth-order valence-electron chi connectivity index (χ4n) is 2.75. The quantitative estimate of drug-likeness (QED) is 0.838. The van der Waals surface area contributed by atoms with Crippen LogP contribution in [0.2, 0.25) is 0 Å². The largest absolute Gasteiger partial charge is 0.376 e. The van der Waals surface area contributed by atoms with Gasteiger partial charge in [-0.25, -0.2) is 4.98 Å². The monoisotopic (exact) mass is 291 g/mol. The van der Waals surface area contributed by atoms with Gasteiger partial charge in [-0.1, -0.05) is 19.9 Å². The number of hydrogen-bond acceptors (Lipinski definition) is 4. The van der Waals surface area contributed by atoms with Crippen molar-refractivity contribution in [2.45, 2.75) is 45.8 Å². The lowest BCUT2D eigenvalue weighted by Gasteiger charge is -2.29. The molecule has 2 heterocycles. The third-order valence-electron chi connectivity index (χ3n) is 3.85. The predicted molar refractivity (Wildman–Crippen MR) is 87.6 cm³/mol. The highest BCUT2D eigenvalue weighted by Crippen LogP contribution is 2.19. The van der Waals surface area contributed by atoms with Crippen molar-refractivity contribution in [1.29, 1.82) is 0 Å². The summed E-state index contributed by atoms with van der Waals surface area (Å²) in [6, 6.07) is 4.18. The average molecular weight is 291 g/mol. The summed E-state index contributed by atoms with van der Waals surface area (Å²) in [5.74, 6) is 1.74. The van der Waals surface area contributed by atoms with Crippen LogP contribution in [0.25, 0.3) is 0 Å². The van der Waals surface area contributed by atoms with Crippen LogP contribution in [-0.2, 0) is 11.3 Å². The standard InChI is InChI=1S/C17H29N3O/c1-14(2)11-18-12-15-7-6-9-19-17(15)20(3)13-16-8-4-5-10-21-16/h6-7,9,14,16,18H,4-5,8,10-13H2,1-3H3. The second-order valence-electron chi connectivity index (χ2n) is 6.38. The Morgan fingerprint density at radius 3 is 3.00 bits per heavy atom. The Balaban J connectivity index is 1.93. The summed E-state index contributed by atoms with van der Waals surface area (Å²) in [5.41, 5.74) is 1.26. The van der Waals surface area contributed by atoms with Gasteiger partial charge in [-0.05, 0) is 37.8 Å². The van der Waals surface area contributed by atoms with Gasteiger partial charge in [-0.3, -0.25) is 0 Å². The minimum Gasteiger partial charge on any atom is -0.376 e. The Kier molecular flexibility index (Phi) is 6.46. The highest BCUT2D eigenvalue weighted by Gasteiger charge is 2.18. The summed E-state index contributed by atoms with van der Waals surface area (Å²) in [4.78, 5) is 6.81. The average Bonchev–Trinajstić information content (AvgIpc) is 2.48. The number of hydrogen-bond donors (Lipinski definition) is 1. The molecule has 21 heavy (non-hydrogen) atoms. The molecular formula is C17H29N3O. The topological polar surface area (TPSA) is 37.4 Å². The van der Waals surface area contributed by atoms with Gasteiger partial charge in [0.1, 0.15) is 5.82 Å². The van der Waals surface area contributed by atoms with Crippen molar-refractivity contribution >= 4 is 5.82 Å². The number of nitrogens with one attached hydrogen (secondary N) is 1. The number of rotatable bonds is 7. The minimum absolute atomic E-state index is 0.349. The molecule has 1 aromatic heterocycles. The Labute approximate surface area is 128 Å². The first kappa shape index (κ1) is 16.2. The van der Waals surface area contributed by atoms with E-state index < -0.39 is 0 Å². The summed E-state index contributed by atoms with van der Waals surface area (Å²) in [7, 11) is 2.12. The molecule has 1 saturated heterocycles. The Hall–Kier alpha value is -1.13. The van der Waals surface area contributed by atoms with E-state index in [-0.39, 0.29) is 0 Å². The highest BCUT2D eigenvalue weighted by atomic mass is 16.5. The first-order valence-corrected chi connectivity index (χ1v) is 8.14. The molecule has 0 saturated carbocycles. The van der Waals surface area contributed by atoms with Crippen molar-refractivity contribution in [3.8, 4) is 0 Å². The summed E-state index contributed by atoms with van der Waals surface area (Å²) in [6.07, 6.45) is 5.87. The Morgan fingerprint density at radius 2 is 2.29 bits per heavy atom. The van der Waals surface area contributed by atoms with E-state index in [1.165, 1.54) is 18.4 Å². The van der Waals surface area contributed by atoms with Crippen LogP contribution in [0.4, 0.5) is 5.82 Å². The van der Waals surface area contributed by atoms with Crippen molar-refractivity contribution in [2.24, 2.45) is 5.92 Å². The van der Waals surface area contributed by atoms with Crippen molar-refractivity contribution in [2.75, 3.05) is 31.6 Å². The van der Waals surface area contributed by atoms with Gasteiger partial charge >= 0.3 is 0 Å². The van der Waals surface area contributed by atoms with Gasteiger partial charge < -0.3 is 15.0 Å². The van der Waals surface area contributed by atoms with Gasteiger partial charge in [0.2, 0.25) is 0 Å². The Morgan fingerprint density at radius 1 is 1.43 bits per heavy atom. The molecule has 1 fully saturated rings. The number of likely N-dealkylation sites (N-methyl/N-ethyl adjacent to an activating group) is 1. The summed E-state index contributed by atoms with van der Waals surface area (Å²) in [6.45, 7) is 8.19. The SMILES string of the molecule is CC(C)CNCc1cccnc1N(C)CC1CCCCO1. The fraction of sp³-hybridized carbons (Fsp3) is 0.706. The van der Waals surface area contributed by atoms with Crippen LogP contribution < -0.4 is 10.2 Å². The van der Waals surface area contributed by atoms with Crippen molar-refractivity contribution in [3.63, 3.8) is 0 Å². The maximum Gasteiger partial charge on any atom is 0.132 e. The molecule has 1 aliphatic rings. The van der Waals surface area contributed by atoms with Gasteiger partial charge in [-0.2, -0.15) is 0 Å². The van der Waals surface area contributed by atoms with Crippen LogP contribution in [0, 0.1) is 5.92 Å². The summed E-state index contributed by atoms with van der Waals surface area (Å²) >= 11 is 0. The molecule has 4 heteroatoms. The number of pyridine rings is 1. The van der Waals surface area contributed by atoms with Gasteiger partial charge in [0.25, 0.3) is 0 Å². The van der Waals surface area contributed by atoms with E-state index in [0.717, 1.165) is 38.5 Å². The van der Waals surface area contributed by atoms with E-state index in [4.69, 9.17) is 4.74 Å². The number of aromatic nitrogens is 1. The first-order chi connectivity index (χ1) is 10.2. The molecule has 1 atom stereocenters. The van der Waals surface area contributed by atoms with Crippen molar-refractivity contribution < 1.29 is 4.74 Å². The smallest absolute Gasteiger partial charge is 0.132 e. The molecule has 1 aromatic rings. The molecule has 1 N–H and O–H groups in total. The van der Waals surface area contributed by atoms with Gasteiger partial charge in [0.15, 0.2) is 0 Å². The minimum atomic E-state index is 0.349. The molecule has 4 nitrogen and oxygen atoms in total. The van der Waals surface area contributed by atoms with Crippen LogP contribution in [0.15, 0.2) is 18.3 Å². The fourth-order valence-corrected chi connectivity index (χ4v) is 2.75. The van der Waals surface area contributed by atoms with Gasteiger partial charge in [0.05, 0.1) is 6.10 Å². The molecule has 0 amide bonds. The third kappa shape index (κ3) is 5.29. The molecule has 0 radical (unpaired) electrons.